The summed E-state index contributed by atoms with van der Waals surface area (Å²) in [6, 6.07) is 0. The lowest BCUT2D eigenvalue weighted by atomic mass is 9.45. The van der Waals surface area contributed by atoms with E-state index in [4.69, 9.17) is 0 Å². The number of rotatable bonds is 0. The van der Waals surface area contributed by atoms with E-state index in [1.165, 1.54) is 38.5 Å². The van der Waals surface area contributed by atoms with Crippen LogP contribution in [-0.2, 0) is 4.79 Å². The number of carbonyl (C=O) groups is 1. The maximum absolute atomic E-state index is 11.8. The molecular weight excluding hydrogens is 244 g/mol. The van der Waals surface area contributed by atoms with Gasteiger partial charge in [-0.05, 0) is 73.0 Å². The minimum atomic E-state index is 0.473. The van der Waals surface area contributed by atoms with Gasteiger partial charge in [-0.1, -0.05) is 26.0 Å². The first kappa shape index (κ1) is 13.1. The van der Waals surface area contributed by atoms with Crippen molar-refractivity contribution < 1.29 is 4.79 Å². The number of Topliss-reactive ketones (excluding diaryl/α,β-unsaturated/α-hetero) is 1. The Bertz CT molecular complexity index is 464. The molecule has 110 valence electrons. The van der Waals surface area contributed by atoms with Gasteiger partial charge in [-0.15, -0.1) is 0 Å². The largest absolute Gasteiger partial charge is 0.300 e. The molecule has 0 spiro atoms. The summed E-state index contributed by atoms with van der Waals surface area (Å²) in [7, 11) is 0. The zero-order chi connectivity index (χ0) is 14.0. The Morgan fingerprint density at radius 1 is 1.10 bits per heavy atom. The van der Waals surface area contributed by atoms with Crippen LogP contribution in [0.2, 0.25) is 0 Å². The first-order chi connectivity index (χ1) is 9.53. The molecule has 6 atom stereocenters. The molecule has 0 aromatic rings. The smallest absolute Gasteiger partial charge is 0.133 e. The molecule has 3 fully saturated rings. The van der Waals surface area contributed by atoms with Crippen molar-refractivity contribution in [3.8, 4) is 0 Å². The fourth-order valence-electron chi connectivity index (χ4n) is 6.53. The minimum Gasteiger partial charge on any atom is -0.300 e. The molecule has 0 aromatic heterocycles. The summed E-state index contributed by atoms with van der Waals surface area (Å²) >= 11 is 0. The van der Waals surface area contributed by atoms with E-state index in [1.807, 2.05) is 0 Å². The molecule has 0 unspecified atom stereocenters. The maximum atomic E-state index is 11.8. The molecule has 1 nitrogen and oxygen atoms in total. The van der Waals surface area contributed by atoms with E-state index in [-0.39, 0.29) is 0 Å². The first-order valence-corrected chi connectivity index (χ1v) is 8.72. The SMILES string of the molecule is C[C@@]12CCC(=O)C[C@@H]1CC[C@@H]1[C@@H]2CC[C@@]2(C)C=CC[C@@H]12. The highest BCUT2D eigenvalue weighted by Crippen LogP contribution is 2.64. The molecular formula is C19H28O. The van der Waals surface area contributed by atoms with Crippen LogP contribution in [0.15, 0.2) is 12.2 Å². The Morgan fingerprint density at radius 3 is 2.80 bits per heavy atom. The molecule has 0 aromatic carbocycles. The van der Waals surface area contributed by atoms with E-state index < -0.39 is 0 Å². The standard InChI is InChI=1S/C19H28O/c1-18-9-3-4-16(18)15-6-5-13-12-14(20)7-11-19(13,2)17(15)8-10-18/h3,9,13,15-17H,4-8,10-12H2,1-2H3/t13-,15-,16-,17-,18+,19+/m0/s1. The summed E-state index contributed by atoms with van der Waals surface area (Å²) in [5, 5.41) is 0. The van der Waals surface area contributed by atoms with Crippen molar-refractivity contribution in [3.05, 3.63) is 12.2 Å². The molecule has 1 heteroatoms. The normalized spacial score (nSPS) is 54.2. The number of hydrogen-bond acceptors (Lipinski definition) is 1. The van der Waals surface area contributed by atoms with Crippen LogP contribution in [0.4, 0.5) is 0 Å². The van der Waals surface area contributed by atoms with Crippen molar-refractivity contribution in [1.29, 1.82) is 0 Å². The Morgan fingerprint density at radius 2 is 1.95 bits per heavy atom. The third kappa shape index (κ3) is 1.64. The van der Waals surface area contributed by atoms with Crippen LogP contribution in [-0.4, -0.2) is 5.78 Å². The van der Waals surface area contributed by atoms with E-state index in [2.05, 4.69) is 26.0 Å². The lowest BCUT2D eigenvalue weighted by Crippen LogP contribution is -2.52. The topological polar surface area (TPSA) is 17.1 Å². The number of allylic oxidation sites excluding steroid dienone is 2. The average molecular weight is 272 g/mol. The predicted molar refractivity (Wildman–Crippen MR) is 81.3 cm³/mol. The molecule has 3 saturated carbocycles. The fourth-order valence-corrected chi connectivity index (χ4v) is 6.53. The van der Waals surface area contributed by atoms with Crippen LogP contribution < -0.4 is 0 Å². The first-order valence-electron chi connectivity index (χ1n) is 8.72. The zero-order valence-electron chi connectivity index (χ0n) is 13.0. The van der Waals surface area contributed by atoms with Gasteiger partial charge < -0.3 is 0 Å². The van der Waals surface area contributed by atoms with Crippen LogP contribution in [0.5, 0.6) is 0 Å². The van der Waals surface area contributed by atoms with Gasteiger partial charge in [-0.3, -0.25) is 4.79 Å². The molecule has 0 saturated heterocycles. The van der Waals surface area contributed by atoms with E-state index in [1.54, 1.807) is 0 Å². The summed E-state index contributed by atoms with van der Waals surface area (Å²) in [6.45, 7) is 5.03. The molecule has 0 aliphatic heterocycles. The molecule has 0 amide bonds. The summed E-state index contributed by atoms with van der Waals surface area (Å²) in [5.74, 6) is 3.96. The fraction of sp³-hybridized carbons (Fsp3) is 0.842. The van der Waals surface area contributed by atoms with Gasteiger partial charge in [0.1, 0.15) is 5.78 Å². The van der Waals surface area contributed by atoms with Gasteiger partial charge in [-0.25, -0.2) is 0 Å². The van der Waals surface area contributed by atoms with Crippen molar-refractivity contribution in [2.75, 3.05) is 0 Å². The van der Waals surface area contributed by atoms with Gasteiger partial charge in [-0.2, -0.15) is 0 Å². The highest BCUT2D eigenvalue weighted by Gasteiger charge is 2.56. The van der Waals surface area contributed by atoms with Crippen molar-refractivity contribution in [1.82, 2.24) is 0 Å². The number of ketones is 1. The third-order valence-corrected chi connectivity index (χ3v) is 7.81. The quantitative estimate of drug-likeness (QED) is 0.581. The maximum Gasteiger partial charge on any atom is 0.133 e. The second-order valence-corrected chi connectivity index (χ2v) is 8.58. The van der Waals surface area contributed by atoms with Crippen molar-refractivity contribution >= 4 is 5.78 Å². The highest BCUT2D eigenvalue weighted by molar-refractivity contribution is 5.79. The lowest BCUT2D eigenvalue weighted by Gasteiger charge is -2.59. The molecule has 4 aliphatic carbocycles. The second kappa shape index (κ2) is 4.21. The van der Waals surface area contributed by atoms with Crippen LogP contribution in [0.25, 0.3) is 0 Å². The van der Waals surface area contributed by atoms with Crippen LogP contribution in [0.1, 0.15) is 65.2 Å². The summed E-state index contributed by atoms with van der Waals surface area (Å²) in [6.07, 6.45) is 14.7. The van der Waals surface area contributed by atoms with E-state index in [0.29, 0.717) is 22.5 Å². The number of carbonyl (C=O) groups excluding carboxylic acids is 1. The zero-order valence-corrected chi connectivity index (χ0v) is 13.0. The summed E-state index contributed by atoms with van der Waals surface area (Å²) in [5.41, 5.74) is 0.968. The lowest BCUT2D eigenvalue weighted by molar-refractivity contribution is -0.136. The molecule has 0 bridgehead atoms. The predicted octanol–water partition coefficient (Wildman–Crippen LogP) is 4.76. The van der Waals surface area contributed by atoms with Crippen LogP contribution >= 0.6 is 0 Å². The Kier molecular flexibility index (Phi) is 2.76. The van der Waals surface area contributed by atoms with Gasteiger partial charge in [0.2, 0.25) is 0 Å². The third-order valence-electron chi connectivity index (χ3n) is 7.81. The molecule has 4 aliphatic rings. The minimum absolute atomic E-state index is 0.473. The molecule has 4 rings (SSSR count). The van der Waals surface area contributed by atoms with E-state index in [9.17, 15) is 4.79 Å². The average Bonchev–Trinajstić information content (AvgIpc) is 2.81. The molecule has 0 heterocycles. The molecule has 0 N–H and O–H groups in total. The Labute approximate surface area is 123 Å². The molecule has 20 heavy (non-hydrogen) atoms. The number of hydrogen-bond donors (Lipinski definition) is 0. The van der Waals surface area contributed by atoms with Crippen molar-refractivity contribution in [3.63, 3.8) is 0 Å². The number of fused-ring (bicyclic) bond motifs is 5. The van der Waals surface area contributed by atoms with Crippen molar-refractivity contribution in [2.45, 2.75) is 65.2 Å². The Balaban J connectivity index is 1.64. The molecule has 0 radical (unpaired) electrons. The second-order valence-electron chi connectivity index (χ2n) is 8.58. The van der Waals surface area contributed by atoms with Gasteiger partial charge >= 0.3 is 0 Å². The summed E-state index contributed by atoms with van der Waals surface area (Å²) < 4.78 is 0. The van der Waals surface area contributed by atoms with Gasteiger partial charge in [0, 0.05) is 12.8 Å². The van der Waals surface area contributed by atoms with Crippen molar-refractivity contribution in [2.24, 2.45) is 34.5 Å². The summed E-state index contributed by atoms with van der Waals surface area (Å²) in [4.78, 5) is 11.8. The van der Waals surface area contributed by atoms with Crippen LogP contribution in [0, 0.1) is 34.5 Å². The van der Waals surface area contributed by atoms with E-state index >= 15 is 0 Å². The van der Waals surface area contributed by atoms with Gasteiger partial charge in [0.05, 0.1) is 0 Å². The van der Waals surface area contributed by atoms with Crippen LogP contribution in [0.3, 0.4) is 0 Å². The van der Waals surface area contributed by atoms with Gasteiger partial charge in [0.15, 0.2) is 0 Å². The monoisotopic (exact) mass is 272 g/mol. The Hall–Kier alpha value is -0.590. The van der Waals surface area contributed by atoms with E-state index in [0.717, 1.165) is 30.6 Å². The highest BCUT2D eigenvalue weighted by atomic mass is 16.1. The van der Waals surface area contributed by atoms with Gasteiger partial charge in [0.25, 0.3) is 0 Å².